The molecule has 0 radical (unpaired) electrons. The fourth-order valence-corrected chi connectivity index (χ4v) is 6.10. The number of nitrogens with zero attached hydrogens (tertiary/aromatic N) is 2. The predicted octanol–water partition coefficient (Wildman–Crippen LogP) is 5.41. The average Bonchev–Trinajstić information content (AvgIpc) is 2.91. The zero-order valence-corrected chi connectivity index (χ0v) is 24.5. The van der Waals surface area contributed by atoms with Gasteiger partial charge in [0.25, 0.3) is 15.9 Å². The van der Waals surface area contributed by atoms with Crippen molar-refractivity contribution in [3.8, 4) is 5.75 Å². The molecular weight excluding hydrogens is 510 g/mol. The molecule has 39 heavy (non-hydrogen) atoms. The number of anilines is 2. The first-order valence-corrected chi connectivity index (χ1v) is 14.9. The monoisotopic (exact) mass is 549 g/mol. The molecule has 1 aliphatic heterocycles. The molecule has 0 unspecified atom stereocenters. The van der Waals surface area contributed by atoms with Gasteiger partial charge in [0, 0.05) is 25.3 Å². The fraction of sp³-hybridized carbons (Fsp3) is 0.387. The van der Waals surface area contributed by atoms with E-state index in [-0.39, 0.29) is 22.8 Å². The summed E-state index contributed by atoms with van der Waals surface area (Å²) < 4.78 is 35.1. The summed E-state index contributed by atoms with van der Waals surface area (Å²) in [5.41, 5.74) is 4.28. The molecule has 1 N–H and O–H groups in total. The molecule has 0 aromatic heterocycles. The first-order valence-electron chi connectivity index (χ1n) is 13.5. The Kier molecular flexibility index (Phi) is 8.25. The molecule has 0 spiro atoms. The lowest BCUT2D eigenvalue weighted by Gasteiger charge is -2.36. The lowest BCUT2D eigenvalue weighted by atomic mass is 9.86. The van der Waals surface area contributed by atoms with Crippen LogP contribution in [0.2, 0.25) is 0 Å². The first kappa shape index (κ1) is 28.5. The molecule has 0 aliphatic carbocycles. The van der Waals surface area contributed by atoms with E-state index < -0.39 is 16.1 Å². The Morgan fingerprint density at radius 2 is 1.64 bits per heavy atom. The van der Waals surface area contributed by atoms with Crippen molar-refractivity contribution in [2.24, 2.45) is 0 Å². The summed E-state index contributed by atoms with van der Waals surface area (Å²) in [6.45, 7) is 14.4. The normalized spacial score (nSPS) is 15.3. The molecular formula is C31H39N3O4S. The van der Waals surface area contributed by atoms with Crippen LogP contribution in [0, 0.1) is 6.92 Å². The van der Waals surface area contributed by atoms with Crippen molar-refractivity contribution in [3.63, 3.8) is 0 Å². The van der Waals surface area contributed by atoms with Gasteiger partial charge in [-0.25, -0.2) is 8.42 Å². The predicted molar refractivity (Wildman–Crippen MR) is 157 cm³/mol. The topological polar surface area (TPSA) is 79.0 Å². The number of hydrogen-bond acceptors (Lipinski definition) is 5. The summed E-state index contributed by atoms with van der Waals surface area (Å²) in [6.07, 6.45) is -0.992. The van der Waals surface area contributed by atoms with Crippen LogP contribution in [0.5, 0.6) is 5.75 Å². The van der Waals surface area contributed by atoms with E-state index in [1.54, 1.807) is 30.3 Å². The van der Waals surface area contributed by atoms with E-state index in [1.165, 1.54) is 4.31 Å². The maximum Gasteiger partial charge on any atom is 0.264 e. The van der Waals surface area contributed by atoms with Crippen LogP contribution in [-0.2, 0) is 26.8 Å². The highest BCUT2D eigenvalue weighted by molar-refractivity contribution is 7.92. The third kappa shape index (κ3) is 6.22. The van der Waals surface area contributed by atoms with Crippen LogP contribution in [0.3, 0.4) is 0 Å². The number of carbonyl (C=O) groups is 1. The lowest BCUT2D eigenvalue weighted by molar-refractivity contribution is -0.127. The Bertz CT molecular complexity index is 1410. The van der Waals surface area contributed by atoms with Crippen molar-refractivity contribution >= 4 is 27.3 Å². The third-order valence-electron chi connectivity index (χ3n) is 7.13. The molecule has 1 amide bonds. The SMILES string of the molecule is CCN(CC)c1ccc(CNC(=O)[C@H]2CN(S(=O)(=O)c3ccc(C)cc3)c3cc(C(C)(C)C)ccc3O2)cc1. The van der Waals surface area contributed by atoms with Crippen molar-refractivity contribution in [1.29, 1.82) is 0 Å². The molecule has 1 heterocycles. The van der Waals surface area contributed by atoms with Gasteiger partial charge in [-0.1, -0.05) is 56.7 Å². The highest BCUT2D eigenvalue weighted by atomic mass is 32.2. The maximum atomic E-state index is 13.8. The molecule has 0 fully saturated rings. The number of rotatable bonds is 8. The number of aryl methyl sites for hydroxylation is 1. The van der Waals surface area contributed by atoms with Crippen LogP contribution in [0.1, 0.15) is 51.3 Å². The summed E-state index contributed by atoms with van der Waals surface area (Å²) in [6, 6.07) is 20.4. The second-order valence-electron chi connectivity index (χ2n) is 10.9. The minimum absolute atomic E-state index is 0.121. The van der Waals surface area contributed by atoms with Gasteiger partial charge in [0.2, 0.25) is 0 Å². The van der Waals surface area contributed by atoms with Gasteiger partial charge in [-0.05, 0) is 73.7 Å². The van der Waals surface area contributed by atoms with E-state index >= 15 is 0 Å². The van der Waals surface area contributed by atoms with Gasteiger partial charge in [-0.15, -0.1) is 0 Å². The summed E-state index contributed by atoms with van der Waals surface area (Å²) >= 11 is 0. The van der Waals surface area contributed by atoms with Crippen molar-refractivity contribution < 1.29 is 17.9 Å². The molecule has 1 aliphatic rings. The summed E-state index contributed by atoms with van der Waals surface area (Å²) in [4.78, 5) is 15.7. The third-order valence-corrected chi connectivity index (χ3v) is 8.92. The van der Waals surface area contributed by atoms with Crippen LogP contribution in [0.25, 0.3) is 0 Å². The number of carbonyl (C=O) groups excluding carboxylic acids is 1. The number of sulfonamides is 1. The summed E-state index contributed by atoms with van der Waals surface area (Å²) in [5.74, 6) is 0.00568. The molecule has 1 atom stereocenters. The molecule has 0 saturated carbocycles. The van der Waals surface area contributed by atoms with Crippen LogP contribution >= 0.6 is 0 Å². The number of hydrogen-bond donors (Lipinski definition) is 1. The molecule has 208 valence electrons. The minimum Gasteiger partial charge on any atom is -0.476 e. The van der Waals surface area contributed by atoms with Gasteiger partial charge in [-0.2, -0.15) is 0 Å². The minimum atomic E-state index is -3.94. The Balaban J connectivity index is 1.59. The number of benzene rings is 3. The molecule has 0 bridgehead atoms. The highest BCUT2D eigenvalue weighted by Crippen LogP contribution is 2.40. The number of nitrogens with one attached hydrogen (secondary N) is 1. The maximum absolute atomic E-state index is 13.8. The smallest absolute Gasteiger partial charge is 0.264 e. The summed E-state index contributed by atoms with van der Waals surface area (Å²) in [7, 11) is -3.94. The summed E-state index contributed by atoms with van der Waals surface area (Å²) in [5, 5.41) is 2.93. The standard InChI is InChI=1S/C31H39N3O4S/c1-7-33(8-2)25-14-11-23(12-15-25)20-32-30(35)29-21-34(39(36,37)26-16-9-22(3)10-17-26)27-19-24(31(4,5)6)13-18-28(27)38-29/h9-19,29H,7-8,20-21H2,1-6H3,(H,32,35)/t29-/m1/s1. The molecule has 8 heteroatoms. The number of fused-ring (bicyclic) bond motifs is 1. The Morgan fingerprint density at radius 1 is 1.00 bits per heavy atom. The van der Waals surface area contributed by atoms with Crippen LogP contribution in [0.15, 0.2) is 71.6 Å². The molecule has 3 aromatic rings. The van der Waals surface area contributed by atoms with E-state index in [0.717, 1.165) is 35.5 Å². The second-order valence-corrected chi connectivity index (χ2v) is 12.8. The van der Waals surface area contributed by atoms with Crippen LogP contribution in [-0.4, -0.2) is 40.1 Å². The van der Waals surface area contributed by atoms with E-state index in [0.29, 0.717) is 18.0 Å². The van der Waals surface area contributed by atoms with E-state index in [2.05, 4.69) is 44.8 Å². The molecule has 4 rings (SSSR count). The van der Waals surface area contributed by atoms with Crippen molar-refractivity contribution in [3.05, 3.63) is 83.4 Å². The first-order chi connectivity index (χ1) is 18.4. The van der Waals surface area contributed by atoms with E-state index in [9.17, 15) is 13.2 Å². The zero-order chi connectivity index (χ0) is 28.4. The van der Waals surface area contributed by atoms with Crippen molar-refractivity contribution in [1.82, 2.24) is 5.32 Å². The number of amides is 1. The van der Waals surface area contributed by atoms with Gasteiger partial charge < -0.3 is 15.0 Å². The van der Waals surface area contributed by atoms with Gasteiger partial charge >= 0.3 is 0 Å². The number of ether oxygens (including phenoxy) is 1. The molecule has 7 nitrogen and oxygen atoms in total. The quantitative estimate of drug-likeness (QED) is 0.406. The van der Waals surface area contributed by atoms with E-state index in [1.807, 2.05) is 43.3 Å². The lowest BCUT2D eigenvalue weighted by Crippen LogP contribution is -2.50. The molecule has 3 aromatic carbocycles. The van der Waals surface area contributed by atoms with Crippen LogP contribution < -0.4 is 19.3 Å². The fourth-order valence-electron chi connectivity index (χ4n) is 4.64. The Hall–Kier alpha value is -3.52. The largest absolute Gasteiger partial charge is 0.476 e. The average molecular weight is 550 g/mol. The van der Waals surface area contributed by atoms with Gasteiger partial charge in [0.15, 0.2) is 6.10 Å². The van der Waals surface area contributed by atoms with Gasteiger partial charge in [-0.3, -0.25) is 9.10 Å². The van der Waals surface area contributed by atoms with Gasteiger partial charge in [0.1, 0.15) is 5.75 Å². The Labute approximate surface area is 232 Å². The van der Waals surface area contributed by atoms with Crippen molar-refractivity contribution in [2.75, 3.05) is 28.8 Å². The van der Waals surface area contributed by atoms with Crippen molar-refractivity contribution in [2.45, 2.75) is 64.5 Å². The zero-order valence-electron chi connectivity index (χ0n) is 23.7. The Morgan fingerprint density at radius 3 is 2.23 bits per heavy atom. The van der Waals surface area contributed by atoms with E-state index in [4.69, 9.17) is 4.74 Å². The second kappa shape index (κ2) is 11.3. The van der Waals surface area contributed by atoms with Crippen LogP contribution in [0.4, 0.5) is 11.4 Å². The highest BCUT2D eigenvalue weighted by Gasteiger charge is 2.38. The van der Waals surface area contributed by atoms with Gasteiger partial charge in [0.05, 0.1) is 17.1 Å². The molecule has 0 saturated heterocycles.